The third-order valence-corrected chi connectivity index (χ3v) is 2.79. The van der Waals surface area contributed by atoms with Crippen LogP contribution in [-0.2, 0) is 4.74 Å². The van der Waals surface area contributed by atoms with Crippen molar-refractivity contribution in [3.63, 3.8) is 0 Å². The minimum atomic E-state index is -0.399. The van der Waals surface area contributed by atoms with Gasteiger partial charge in [0.05, 0.1) is 23.4 Å². The first-order chi connectivity index (χ1) is 9.11. The third-order valence-electron chi connectivity index (χ3n) is 2.49. The van der Waals surface area contributed by atoms with E-state index in [1.807, 2.05) is 0 Å². The molecule has 0 fully saturated rings. The van der Waals surface area contributed by atoms with Crippen molar-refractivity contribution in [2.75, 3.05) is 12.8 Å². The molecule has 0 aliphatic rings. The van der Waals surface area contributed by atoms with Crippen molar-refractivity contribution < 1.29 is 14.3 Å². The van der Waals surface area contributed by atoms with Crippen LogP contribution in [0.2, 0.25) is 5.02 Å². The van der Waals surface area contributed by atoms with E-state index in [0.29, 0.717) is 27.8 Å². The molecule has 0 saturated carbocycles. The fourth-order valence-corrected chi connectivity index (χ4v) is 1.75. The van der Waals surface area contributed by atoms with Crippen LogP contribution in [0.15, 0.2) is 42.5 Å². The molecule has 0 spiro atoms. The number of ether oxygens (including phenoxy) is 2. The molecule has 2 aromatic rings. The molecule has 0 aliphatic heterocycles. The van der Waals surface area contributed by atoms with Crippen molar-refractivity contribution in [1.29, 1.82) is 0 Å². The van der Waals surface area contributed by atoms with Crippen molar-refractivity contribution in [2.45, 2.75) is 0 Å². The van der Waals surface area contributed by atoms with E-state index >= 15 is 0 Å². The largest absolute Gasteiger partial charge is 0.465 e. The Morgan fingerprint density at radius 2 is 1.84 bits per heavy atom. The number of nitrogens with two attached hydrogens (primary N) is 1. The zero-order valence-corrected chi connectivity index (χ0v) is 11.0. The van der Waals surface area contributed by atoms with Crippen LogP contribution in [0.1, 0.15) is 10.4 Å². The Hall–Kier alpha value is -2.20. The maximum absolute atomic E-state index is 11.3. The highest BCUT2D eigenvalue weighted by Crippen LogP contribution is 2.34. The van der Waals surface area contributed by atoms with Gasteiger partial charge in [0, 0.05) is 0 Å². The molecule has 5 heteroatoms. The standard InChI is InChI=1S/C14H12ClNO3/c1-18-14(17)9-5-7-10(8-6-9)19-13-11(15)3-2-4-12(13)16/h2-8H,16H2,1H3. The molecule has 0 bridgehead atoms. The van der Waals surface area contributed by atoms with Crippen LogP contribution in [0, 0.1) is 0 Å². The number of carbonyl (C=O) groups excluding carboxylic acids is 1. The van der Waals surface area contributed by atoms with Crippen molar-refractivity contribution in [3.8, 4) is 11.5 Å². The molecule has 2 rings (SSSR count). The van der Waals surface area contributed by atoms with Gasteiger partial charge in [-0.25, -0.2) is 4.79 Å². The lowest BCUT2D eigenvalue weighted by atomic mass is 10.2. The lowest BCUT2D eigenvalue weighted by molar-refractivity contribution is 0.0600. The summed E-state index contributed by atoms with van der Waals surface area (Å²) in [6.07, 6.45) is 0. The van der Waals surface area contributed by atoms with Crippen LogP contribution in [0.25, 0.3) is 0 Å². The predicted molar refractivity (Wildman–Crippen MR) is 73.7 cm³/mol. The van der Waals surface area contributed by atoms with Crippen LogP contribution >= 0.6 is 11.6 Å². The normalized spacial score (nSPS) is 10.0. The molecule has 0 aromatic heterocycles. The first-order valence-corrected chi connectivity index (χ1v) is 5.90. The third kappa shape index (κ3) is 2.98. The summed E-state index contributed by atoms with van der Waals surface area (Å²) in [5.74, 6) is 0.534. The summed E-state index contributed by atoms with van der Waals surface area (Å²) in [5.41, 5.74) is 6.68. The number of anilines is 1. The number of nitrogen functional groups attached to an aromatic ring is 1. The van der Waals surface area contributed by atoms with Crippen LogP contribution in [0.3, 0.4) is 0 Å². The van der Waals surface area contributed by atoms with E-state index in [1.54, 1.807) is 42.5 Å². The first kappa shape index (κ1) is 13.2. The monoisotopic (exact) mass is 277 g/mol. The lowest BCUT2D eigenvalue weighted by Gasteiger charge is -2.10. The van der Waals surface area contributed by atoms with Gasteiger partial charge in [-0.1, -0.05) is 17.7 Å². The maximum Gasteiger partial charge on any atom is 0.337 e. The van der Waals surface area contributed by atoms with Gasteiger partial charge in [0.2, 0.25) is 0 Å². The van der Waals surface area contributed by atoms with Crippen molar-refractivity contribution >= 4 is 23.3 Å². The van der Waals surface area contributed by atoms with E-state index in [2.05, 4.69) is 4.74 Å². The SMILES string of the molecule is COC(=O)c1ccc(Oc2c(N)cccc2Cl)cc1. The average molecular weight is 278 g/mol. The molecule has 0 amide bonds. The molecule has 4 nitrogen and oxygen atoms in total. The summed E-state index contributed by atoms with van der Waals surface area (Å²) < 4.78 is 10.2. The minimum absolute atomic E-state index is 0.398. The molecule has 0 heterocycles. The van der Waals surface area contributed by atoms with Crippen LogP contribution < -0.4 is 10.5 Å². The van der Waals surface area contributed by atoms with Gasteiger partial charge >= 0.3 is 5.97 Å². The highest BCUT2D eigenvalue weighted by atomic mass is 35.5. The van der Waals surface area contributed by atoms with E-state index in [4.69, 9.17) is 22.1 Å². The molecule has 0 radical (unpaired) electrons. The second-order valence-electron chi connectivity index (χ2n) is 3.78. The van der Waals surface area contributed by atoms with Gasteiger partial charge in [0.15, 0.2) is 5.75 Å². The molecule has 98 valence electrons. The Balaban J connectivity index is 2.22. The fourth-order valence-electron chi connectivity index (χ4n) is 1.53. The molecule has 19 heavy (non-hydrogen) atoms. The maximum atomic E-state index is 11.3. The van der Waals surface area contributed by atoms with E-state index in [0.717, 1.165) is 0 Å². The summed E-state index contributed by atoms with van der Waals surface area (Å²) in [7, 11) is 1.33. The van der Waals surface area contributed by atoms with Gasteiger partial charge in [-0.2, -0.15) is 0 Å². The van der Waals surface area contributed by atoms with Crippen LogP contribution in [0.5, 0.6) is 11.5 Å². The highest BCUT2D eigenvalue weighted by Gasteiger charge is 2.09. The summed E-state index contributed by atoms with van der Waals surface area (Å²) in [6.45, 7) is 0. The highest BCUT2D eigenvalue weighted by molar-refractivity contribution is 6.32. The second-order valence-corrected chi connectivity index (χ2v) is 4.18. The number of esters is 1. The van der Waals surface area contributed by atoms with Crippen molar-refractivity contribution in [1.82, 2.24) is 0 Å². The zero-order chi connectivity index (χ0) is 13.8. The van der Waals surface area contributed by atoms with E-state index in [9.17, 15) is 4.79 Å². The summed E-state index contributed by atoms with van der Waals surface area (Å²) >= 11 is 6.00. The number of benzene rings is 2. The molecule has 0 saturated heterocycles. The van der Waals surface area contributed by atoms with E-state index in [1.165, 1.54) is 7.11 Å². The van der Waals surface area contributed by atoms with Gasteiger partial charge < -0.3 is 15.2 Å². The Bertz CT molecular complexity index is 576. The Morgan fingerprint density at radius 3 is 2.42 bits per heavy atom. The quantitative estimate of drug-likeness (QED) is 0.689. The molecule has 2 N–H and O–H groups in total. The summed E-state index contributed by atoms with van der Waals surface area (Å²) in [4.78, 5) is 11.3. The Morgan fingerprint density at radius 1 is 1.16 bits per heavy atom. The van der Waals surface area contributed by atoms with Gasteiger partial charge in [-0.05, 0) is 36.4 Å². The fraction of sp³-hybridized carbons (Fsp3) is 0.0714. The number of carbonyl (C=O) groups is 1. The smallest absolute Gasteiger partial charge is 0.337 e. The van der Waals surface area contributed by atoms with Gasteiger partial charge in [0.25, 0.3) is 0 Å². The number of hydrogen-bond acceptors (Lipinski definition) is 4. The van der Waals surface area contributed by atoms with Gasteiger partial charge in [-0.3, -0.25) is 0 Å². The van der Waals surface area contributed by atoms with E-state index < -0.39 is 5.97 Å². The second kappa shape index (κ2) is 5.63. The van der Waals surface area contributed by atoms with Crippen LogP contribution in [0.4, 0.5) is 5.69 Å². The zero-order valence-electron chi connectivity index (χ0n) is 10.2. The number of hydrogen-bond donors (Lipinski definition) is 1. The summed E-state index contributed by atoms with van der Waals surface area (Å²) in [6, 6.07) is 11.6. The van der Waals surface area contributed by atoms with Crippen molar-refractivity contribution in [2.24, 2.45) is 0 Å². The number of para-hydroxylation sites is 1. The molecule has 2 aromatic carbocycles. The van der Waals surface area contributed by atoms with Gasteiger partial charge in [-0.15, -0.1) is 0 Å². The first-order valence-electron chi connectivity index (χ1n) is 5.52. The van der Waals surface area contributed by atoms with Crippen molar-refractivity contribution in [3.05, 3.63) is 53.1 Å². The molecular formula is C14H12ClNO3. The molecular weight excluding hydrogens is 266 g/mol. The number of rotatable bonds is 3. The average Bonchev–Trinajstić information content (AvgIpc) is 2.43. The molecule has 0 aliphatic carbocycles. The molecule has 0 atom stereocenters. The topological polar surface area (TPSA) is 61.5 Å². The number of halogens is 1. The number of methoxy groups -OCH3 is 1. The van der Waals surface area contributed by atoms with Crippen LogP contribution in [-0.4, -0.2) is 13.1 Å². The Labute approximate surface area is 115 Å². The minimum Gasteiger partial charge on any atom is -0.465 e. The summed E-state index contributed by atoms with van der Waals surface area (Å²) in [5, 5.41) is 0.428. The van der Waals surface area contributed by atoms with E-state index in [-0.39, 0.29) is 0 Å². The Kier molecular flexibility index (Phi) is 3.92. The molecule has 0 unspecified atom stereocenters. The lowest BCUT2D eigenvalue weighted by Crippen LogP contribution is -2.00. The predicted octanol–water partition coefficient (Wildman–Crippen LogP) is 3.50. The van der Waals surface area contributed by atoms with Gasteiger partial charge in [0.1, 0.15) is 5.75 Å².